The Balaban J connectivity index is 2.00. The number of aliphatic hydroxyl groups excluding tert-OH is 1. The zero-order valence-corrected chi connectivity index (χ0v) is 12.5. The monoisotopic (exact) mass is 290 g/mol. The first-order chi connectivity index (χ1) is 10.1. The van der Waals surface area contributed by atoms with E-state index in [1.807, 2.05) is 31.3 Å². The normalized spacial score (nSPS) is 12.3. The predicted octanol–water partition coefficient (Wildman–Crippen LogP) is 1.85. The second-order valence-corrected chi connectivity index (χ2v) is 5.32. The van der Waals surface area contributed by atoms with Gasteiger partial charge in [-0.2, -0.15) is 0 Å². The molecule has 1 heterocycles. The molecule has 0 aliphatic heterocycles. The highest BCUT2D eigenvalue weighted by Crippen LogP contribution is 2.23. The minimum absolute atomic E-state index is 0.0106. The lowest BCUT2D eigenvalue weighted by molar-refractivity contribution is -0.120. The van der Waals surface area contributed by atoms with Crippen LogP contribution in [0.15, 0.2) is 24.4 Å². The number of hydrogen-bond donors (Lipinski definition) is 3. The minimum Gasteiger partial charge on any atom is -0.497 e. The van der Waals surface area contributed by atoms with E-state index >= 15 is 0 Å². The Hall–Kier alpha value is -2.01. The van der Waals surface area contributed by atoms with E-state index in [0.29, 0.717) is 19.4 Å². The van der Waals surface area contributed by atoms with E-state index in [2.05, 4.69) is 10.3 Å². The smallest absolute Gasteiger partial charge is 0.224 e. The van der Waals surface area contributed by atoms with Gasteiger partial charge in [0, 0.05) is 30.3 Å². The first-order valence-corrected chi connectivity index (χ1v) is 7.15. The van der Waals surface area contributed by atoms with E-state index in [-0.39, 0.29) is 18.4 Å². The number of amides is 1. The van der Waals surface area contributed by atoms with E-state index in [9.17, 15) is 4.79 Å². The van der Waals surface area contributed by atoms with Gasteiger partial charge in [-0.05, 0) is 36.1 Å². The molecule has 3 N–H and O–H groups in total. The lowest BCUT2D eigenvalue weighted by Crippen LogP contribution is -2.29. The lowest BCUT2D eigenvalue weighted by atomic mass is 10.1. The van der Waals surface area contributed by atoms with Crippen molar-refractivity contribution in [1.82, 2.24) is 10.3 Å². The fraction of sp³-hybridized carbons (Fsp3) is 0.438. The summed E-state index contributed by atoms with van der Waals surface area (Å²) in [5, 5.41) is 12.8. The van der Waals surface area contributed by atoms with Gasteiger partial charge in [0.05, 0.1) is 13.5 Å². The van der Waals surface area contributed by atoms with E-state index < -0.39 is 0 Å². The molecule has 5 heteroatoms. The molecule has 2 aromatic rings. The van der Waals surface area contributed by atoms with Crippen LogP contribution in [-0.2, 0) is 11.2 Å². The summed E-state index contributed by atoms with van der Waals surface area (Å²) in [5.41, 5.74) is 1.95. The maximum atomic E-state index is 12.0. The number of rotatable bonds is 7. The summed E-state index contributed by atoms with van der Waals surface area (Å²) in [6.07, 6.45) is 2.89. The molecular weight excluding hydrogens is 268 g/mol. The summed E-state index contributed by atoms with van der Waals surface area (Å²) in [4.78, 5) is 15.2. The molecule has 1 atom stereocenters. The first-order valence-electron chi connectivity index (χ1n) is 7.15. The van der Waals surface area contributed by atoms with Gasteiger partial charge in [0.15, 0.2) is 0 Å². The summed E-state index contributed by atoms with van der Waals surface area (Å²) in [6, 6.07) is 5.76. The lowest BCUT2D eigenvalue weighted by Gasteiger charge is -2.10. The van der Waals surface area contributed by atoms with Gasteiger partial charge in [-0.25, -0.2) is 0 Å². The second-order valence-electron chi connectivity index (χ2n) is 5.32. The van der Waals surface area contributed by atoms with Crippen LogP contribution in [0.3, 0.4) is 0 Å². The SMILES string of the molecule is COc1ccc2[nH]cc(CC(=O)NCC(C)CCO)c2c1. The van der Waals surface area contributed by atoms with Crippen molar-refractivity contribution in [2.45, 2.75) is 19.8 Å². The number of benzene rings is 1. The highest BCUT2D eigenvalue weighted by Gasteiger charge is 2.10. The Bertz CT molecular complexity index is 607. The number of hydrogen-bond acceptors (Lipinski definition) is 3. The van der Waals surface area contributed by atoms with Gasteiger partial charge in [0.2, 0.25) is 5.91 Å². The molecule has 0 saturated heterocycles. The number of methoxy groups -OCH3 is 1. The van der Waals surface area contributed by atoms with Crippen LogP contribution in [0.2, 0.25) is 0 Å². The number of fused-ring (bicyclic) bond motifs is 1. The van der Waals surface area contributed by atoms with Gasteiger partial charge >= 0.3 is 0 Å². The Labute approximate surface area is 124 Å². The molecule has 21 heavy (non-hydrogen) atoms. The van der Waals surface area contributed by atoms with Crippen molar-refractivity contribution in [3.8, 4) is 5.75 Å². The number of carbonyl (C=O) groups excluding carboxylic acids is 1. The highest BCUT2D eigenvalue weighted by molar-refractivity contribution is 5.89. The zero-order valence-electron chi connectivity index (χ0n) is 12.5. The fourth-order valence-electron chi connectivity index (χ4n) is 2.28. The number of aromatic nitrogens is 1. The van der Waals surface area contributed by atoms with Crippen LogP contribution in [0.1, 0.15) is 18.9 Å². The van der Waals surface area contributed by atoms with E-state index in [1.54, 1.807) is 7.11 Å². The summed E-state index contributed by atoms with van der Waals surface area (Å²) in [7, 11) is 1.63. The molecule has 5 nitrogen and oxygen atoms in total. The molecular formula is C16H22N2O3. The van der Waals surface area contributed by atoms with Crippen molar-refractivity contribution in [3.05, 3.63) is 30.0 Å². The van der Waals surface area contributed by atoms with Crippen LogP contribution in [0.4, 0.5) is 0 Å². The van der Waals surface area contributed by atoms with Crippen molar-refractivity contribution in [1.29, 1.82) is 0 Å². The average molecular weight is 290 g/mol. The van der Waals surface area contributed by atoms with Gasteiger partial charge in [-0.3, -0.25) is 4.79 Å². The number of aromatic amines is 1. The molecule has 0 radical (unpaired) electrons. The van der Waals surface area contributed by atoms with Crippen molar-refractivity contribution in [2.75, 3.05) is 20.3 Å². The van der Waals surface area contributed by atoms with Crippen LogP contribution in [-0.4, -0.2) is 36.3 Å². The van der Waals surface area contributed by atoms with Crippen LogP contribution < -0.4 is 10.1 Å². The van der Waals surface area contributed by atoms with Crippen LogP contribution in [0, 0.1) is 5.92 Å². The second kappa shape index (κ2) is 7.13. The number of carbonyl (C=O) groups is 1. The molecule has 0 fully saturated rings. The molecule has 114 valence electrons. The number of ether oxygens (including phenoxy) is 1. The summed E-state index contributed by atoms with van der Waals surface area (Å²) in [5.74, 6) is 1.05. The average Bonchev–Trinajstić information content (AvgIpc) is 2.87. The molecule has 0 saturated carbocycles. The fourth-order valence-corrected chi connectivity index (χ4v) is 2.28. The molecule has 0 bridgehead atoms. The Morgan fingerprint density at radius 3 is 3.00 bits per heavy atom. The third-order valence-corrected chi connectivity index (χ3v) is 3.60. The molecule has 0 aliphatic carbocycles. The predicted molar refractivity (Wildman–Crippen MR) is 82.4 cm³/mol. The first kappa shape index (κ1) is 15.4. The zero-order chi connectivity index (χ0) is 15.2. The highest BCUT2D eigenvalue weighted by atomic mass is 16.5. The van der Waals surface area contributed by atoms with Crippen molar-refractivity contribution < 1.29 is 14.6 Å². The Morgan fingerprint density at radius 1 is 1.48 bits per heavy atom. The molecule has 0 aliphatic rings. The topological polar surface area (TPSA) is 74.4 Å². The van der Waals surface area contributed by atoms with Gasteiger partial charge in [-0.1, -0.05) is 6.92 Å². The van der Waals surface area contributed by atoms with E-state index in [4.69, 9.17) is 9.84 Å². The largest absolute Gasteiger partial charge is 0.497 e. The minimum atomic E-state index is -0.0106. The molecule has 1 aromatic heterocycles. The van der Waals surface area contributed by atoms with Gasteiger partial charge in [0.1, 0.15) is 5.75 Å². The number of aliphatic hydroxyl groups is 1. The Kier molecular flexibility index (Phi) is 5.22. The Morgan fingerprint density at radius 2 is 2.29 bits per heavy atom. The quantitative estimate of drug-likeness (QED) is 0.728. The van der Waals surface area contributed by atoms with E-state index in [0.717, 1.165) is 22.2 Å². The molecule has 1 unspecified atom stereocenters. The van der Waals surface area contributed by atoms with Crippen LogP contribution in [0.25, 0.3) is 10.9 Å². The third-order valence-electron chi connectivity index (χ3n) is 3.60. The van der Waals surface area contributed by atoms with Crippen molar-refractivity contribution in [2.24, 2.45) is 5.92 Å². The van der Waals surface area contributed by atoms with Gasteiger partial charge < -0.3 is 20.1 Å². The van der Waals surface area contributed by atoms with Crippen molar-refractivity contribution >= 4 is 16.8 Å². The number of nitrogens with one attached hydrogen (secondary N) is 2. The summed E-state index contributed by atoms with van der Waals surface area (Å²) >= 11 is 0. The standard InChI is InChI=1S/C16H22N2O3/c1-11(5-6-19)9-18-16(20)7-12-10-17-15-4-3-13(21-2)8-14(12)15/h3-4,8,10-11,17,19H,5-7,9H2,1-2H3,(H,18,20). The maximum absolute atomic E-state index is 12.0. The van der Waals surface area contributed by atoms with Crippen LogP contribution in [0.5, 0.6) is 5.75 Å². The van der Waals surface area contributed by atoms with Gasteiger partial charge in [-0.15, -0.1) is 0 Å². The van der Waals surface area contributed by atoms with Crippen molar-refractivity contribution in [3.63, 3.8) is 0 Å². The maximum Gasteiger partial charge on any atom is 0.224 e. The van der Waals surface area contributed by atoms with E-state index in [1.165, 1.54) is 0 Å². The third kappa shape index (κ3) is 3.98. The summed E-state index contributed by atoms with van der Waals surface area (Å²) in [6.45, 7) is 2.75. The number of H-pyrrole nitrogens is 1. The molecule has 0 spiro atoms. The molecule has 2 rings (SSSR count). The van der Waals surface area contributed by atoms with Crippen LogP contribution >= 0.6 is 0 Å². The summed E-state index contributed by atoms with van der Waals surface area (Å²) < 4.78 is 5.22. The molecule has 1 amide bonds. The van der Waals surface area contributed by atoms with Gasteiger partial charge in [0.25, 0.3) is 0 Å². The molecule has 1 aromatic carbocycles.